The lowest BCUT2D eigenvalue weighted by atomic mass is 10.1. The van der Waals surface area contributed by atoms with Gasteiger partial charge in [-0.3, -0.25) is 9.69 Å². The summed E-state index contributed by atoms with van der Waals surface area (Å²) in [6.07, 6.45) is 0. The summed E-state index contributed by atoms with van der Waals surface area (Å²) in [4.78, 5) is 15.2. The van der Waals surface area contributed by atoms with Crippen molar-refractivity contribution in [3.8, 4) is 0 Å². The number of hydrogen-bond donors (Lipinski definition) is 1. The van der Waals surface area contributed by atoms with Crippen LogP contribution in [0.4, 0.5) is 5.69 Å². The van der Waals surface area contributed by atoms with Crippen LogP contribution in [-0.2, 0) is 16.6 Å². The Morgan fingerprint density at radius 1 is 0.939 bits per heavy atom. The van der Waals surface area contributed by atoms with Gasteiger partial charge in [0, 0.05) is 49.0 Å². The van der Waals surface area contributed by atoms with Crippen molar-refractivity contribution in [2.75, 3.05) is 31.5 Å². The summed E-state index contributed by atoms with van der Waals surface area (Å²) in [5.41, 5.74) is 3.29. The fourth-order valence-electron chi connectivity index (χ4n) is 3.79. The second-order valence-corrected chi connectivity index (χ2v) is 10.5. The van der Waals surface area contributed by atoms with Crippen molar-refractivity contribution in [1.82, 2.24) is 9.21 Å². The molecule has 8 heteroatoms. The normalized spacial score (nSPS) is 15.3. The van der Waals surface area contributed by atoms with Gasteiger partial charge in [0.15, 0.2) is 0 Å². The molecule has 1 N–H and O–H groups in total. The van der Waals surface area contributed by atoms with E-state index >= 15 is 0 Å². The first kappa shape index (κ1) is 23.4. The SMILES string of the molecule is Cc1ccc(S(=O)(=O)N2CCN(Cc3cccc(C(=O)Nc4ccc(Cl)cc4)c3)CC2)cc1. The minimum Gasteiger partial charge on any atom is -0.322 e. The highest BCUT2D eigenvalue weighted by molar-refractivity contribution is 7.89. The van der Waals surface area contributed by atoms with Crippen LogP contribution in [-0.4, -0.2) is 49.7 Å². The van der Waals surface area contributed by atoms with Gasteiger partial charge in [0.05, 0.1) is 4.90 Å². The molecule has 33 heavy (non-hydrogen) atoms. The zero-order valence-electron chi connectivity index (χ0n) is 18.4. The quantitative estimate of drug-likeness (QED) is 0.564. The number of sulfonamides is 1. The Bertz CT molecular complexity index is 1220. The molecular weight excluding hydrogens is 458 g/mol. The molecule has 4 rings (SSSR count). The Labute approximate surface area is 199 Å². The Balaban J connectivity index is 1.35. The number of benzene rings is 3. The molecule has 0 radical (unpaired) electrons. The maximum Gasteiger partial charge on any atom is 0.255 e. The standard InChI is InChI=1S/C25H26ClN3O3S/c1-19-5-11-24(12-6-19)33(31,32)29-15-13-28(14-16-29)18-20-3-2-4-21(17-20)25(30)27-23-9-7-22(26)8-10-23/h2-12,17H,13-16,18H2,1H3,(H,27,30). The van der Waals surface area contributed by atoms with Crippen LogP contribution in [0.25, 0.3) is 0 Å². The summed E-state index contributed by atoms with van der Waals surface area (Å²) < 4.78 is 27.4. The maximum absolute atomic E-state index is 12.9. The van der Waals surface area contributed by atoms with E-state index in [2.05, 4.69) is 10.2 Å². The van der Waals surface area contributed by atoms with Crippen LogP contribution in [0.15, 0.2) is 77.7 Å². The van der Waals surface area contributed by atoms with Gasteiger partial charge in [-0.2, -0.15) is 4.31 Å². The van der Waals surface area contributed by atoms with Crippen LogP contribution in [0, 0.1) is 6.92 Å². The molecule has 0 aromatic heterocycles. The second-order valence-electron chi connectivity index (χ2n) is 8.15. The first-order valence-corrected chi connectivity index (χ1v) is 12.6. The maximum atomic E-state index is 12.9. The number of rotatable bonds is 6. The summed E-state index contributed by atoms with van der Waals surface area (Å²) in [5.74, 6) is -0.187. The number of anilines is 1. The zero-order valence-corrected chi connectivity index (χ0v) is 19.9. The molecule has 1 saturated heterocycles. The molecule has 0 atom stereocenters. The molecule has 0 unspecified atom stereocenters. The summed E-state index contributed by atoms with van der Waals surface area (Å²) in [7, 11) is -3.48. The van der Waals surface area contributed by atoms with Crippen LogP contribution in [0.1, 0.15) is 21.5 Å². The van der Waals surface area contributed by atoms with Gasteiger partial charge in [0.2, 0.25) is 10.0 Å². The molecule has 0 saturated carbocycles. The van der Waals surface area contributed by atoms with Crippen LogP contribution >= 0.6 is 11.6 Å². The molecule has 3 aromatic rings. The van der Waals surface area contributed by atoms with Crippen LogP contribution < -0.4 is 5.32 Å². The molecule has 0 bridgehead atoms. The fraction of sp³-hybridized carbons (Fsp3) is 0.240. The van der Waals surface area contributed by atoms with E-state index in [-0.39, 0.29) is 5.91 Å². The largest absolute Gasteiger partial charge is 0.322 e. The van der Waals surface area contributed by atoms with E-state index in [4.69, 9.17) is 11.6 Å². The number of nitrogens with zero attached hydrogens (tertiary/aromatic N) is 2. The van der Waals surface area contributed by atoms with Gasteiger partial charge in [-0.1, -0.05) is 41.4 Å². The van der Waals surface area contributed by atoms with E-state index in [0.29, 0.717) is 53.9 Å². The van der Waals surface area contributed by atoms with E-state index in [9.17, 15) is 13.2 Å². The topological polar surface area (TPSA) is 69.7 Å². The lowest BCUT2D eigenvalue weighted by molar-refractivity contribution is 0.102. The van der Waals surface area contributed by atoms with Gasteiger partial charge in [0.25, 0.3) is 5.91 Å². The predicted octanol–water partition coefficient (Wildman–Crippen LogP) is 4.41. The third-order valence-electron chi connectivity index (χ3n) is 5.69. The fourth-order valence-corrected chi connectivity index (χ4v) is 5.34. The van der Waals surface area contributed by atoms with E-state index < -0.39 is 10.0 Å². The zero-order chi connectivity index (χ0) is 23.4. The molecular formula is C25H26ClN3O3S. The molecule has 1 fully saturated rings. The van der Waals surface area contributed by atoms with Crippen LogP contribution in [0.3, 0.4) is 0 Å². The van der Waals surface area contributed by atoms with Crippen LogP contribution in [0.2, 0.25) is 5.02 Å². The van der Waals surface area contributed by atoms with Gasteiger partial charge >= 0.3 is 0 Å². The summed E-state index contributed by atoms with van der Waals surface area (Å²) in [6.45, 7) is 4.73. The lowest BCUT2D eigenvalue weighted by Gasteiger charge is -2.34. The minimum absolute atomic E-state index is 0.187. The number of amides is 1. The average Bonchev–Trinajstić information content (AvgIpc) is 2.81. The third-order valence-corrected chi connectivity index (χ3v) is 7.85. The molecule has 3 aromatic carbocycles. The van der Waals surface area contributed by atoms with Gasteiger partial charge in [0.1, 0.15) is 0 Å². The minimum atomic E-state index is -3.48. The molecule has 1 aliphatic rings. The van der Waals surface area contributed by atoms with Crippen LogP contribution in [0.5, 0.6) is 0 Å². The van der Waals surface area contributed by atoms with Crippen molar-refractivity contribution in [2.24, 2.45) is 0 Å². The number of halogens is 1. The first-order valence-electron chi connectivity index (χ1n) is 10.8. The Morgan fingerprint density at radius 3 is 2.27 bits per heavy atom. The summed E-state index contributed by atoms with van der Waals surface area (Å²) in [6, 6.07) is 21.4. The monoisotopic (exact) mass is 483 g/mol. The molecule has 1 amide bonds. The van der Waals surface area contributed by atoms with Gasteiger partial charge in [-0.05, 0) is 61.0 Å². The van der Waals surface area contributed by atoms with Crippen molar-refractivity contribution < 1.29 is 13.2 Å². The molecule has 6 nitrogen and oxygen atoms in total. The van der Waals surface area contributed by atoms with E-state index in [1.165, 1.54) is 0 Å². The van der Waals surface area contributed by atoms with Crippen molar-refractivity contribution in [2.45, 2.75) is 18.4 Å². The van der Waals surface area contributed by atoms with Gasteiger partial charge < -0.3 is 5.32 Å². The third kappa shape index (κ3) is 5.81. The van der Waals surface area contributed by atoms with Gasteiger partial charge in [-0.25, -0.2) is 8.42 Å². The van der Waals surface area contributed by atoms with Crippen molar-refractivity contribution >= 4 is 33.2 Å². The number of aryl methyl sites for hydroxylation is 1. The Kier molecular flexibility index (Phi) is 7.14. The predicted molar refractivity (Wildman–Crippen MR) is 131 cm³/mol. The highest BCUT2D eigenvalue weighted by Crippen LogP contribution is 2.20. The van der Waals surface area contributed by atoms with E-state index in [1.807, 2.05) is 37.3 Å². The van der Waals surface area contributed by atoms with Crippen molar-refractivity contribution in [1.29, 1.82) is 0 Å². The van der Waals surface area contributed by atoms with E-state index in [0.717, 1.165) is 11.1 Å². The average molecular weight is 484 g/mol. The first-order chi connectivity index (χ1) is 15.8. The number of carbonyl (C=O) groups is 1. The smallest absolute Gasteiger partial charge is 0.255 e. The molecule has 1 aliphatic heterocycles. The van der Waals surface area contributed by atoms with Gasteiger partial charge in [-0.15, -0.1) is 0 Å². The number of carbonyl (C=O) groups excluding carboxylic acids is 1. The Morgan fingerprint density at radius 2 is 1.61 bits per heavy atom. The number of nitrogens with one attached hydrogen (secondary N) is 1. The lowest BCUT2D eigenvalue weighted by Crippen LogP contribution is -2.48. The second kappa shape index (κ2) is 10.1. The molecule has 1 heterocycles. The molecule has 0 aliphatic carbocycles. The molecule has 0 spiro atoms. The highest BCUT2D eigenvalue weighted by Gasteiger charge is 2.28. The molecule has 172 valence electrons. The number of hydrogen-bond acceptors (Lipinski definition) is 4. The van der Waals surface area contributed by atoms with Crippen molar-refractivity contribution in [3.05, 3.63) is 94.5 Å². The summed E-state index contributed by atoms with van der Waals surface area (Å²) in [5, 5.41) is 3.49. The number of piperazine rings is 1. The van der Waals surface area contributed by atoms with E-state index in [1.54, 1.807) is 46.8 Å². The summed E-state index contributed by atoms with van der Waals surface area (Å²) >= 11 is 5.90. The highest BCUT2D eigenvalue weighted by atomic mass is 35.5. The van der Waals surface area contributed by atoms with Crippen molar-refractivity contribution in [3.63, 3.8) is 0 Å². The Hall–Kier alpha value is -2.71.